The summed E-state index contributed by atoms with van der Waals surface area (Å²) >= 11 is 0. The van der Waals surface area contributed by atoms with Crippen LogP contribution < -0.4 is 4.74 Å². The van der Waals surface area contributed by atoms with Crippen molar-refractivity contribution < 1.29 is 14.6 Å². The predicted octanol–water partition coefficient (Wildman–Crippen LogP) is 2.15. The molecule has 84 valence electrons. The third-order valence-electron chi connectivity index (χ3n) is 2.10. The molecule has 2 atom stereocenters. The molecule has 0 saturated heterocycles. The highest BCUT2D eigenvalue weighted by molar-refractivity contribution is 5.34. The zero-order valence-corrected chi connectivity index (χ0v) is 9.43. The van der Waals surface area contributed by atoms with Crippen LogP contribution in [0.1, 0.15) is 25.5 Å². The van der Waals surface area contributed by atoms with Gasteiger partial charge >= 0.3 is 0 Å². The lowest BCUT2D eigenvalue weighted by atomic mass is 10.1. The van der Waals surface area contributed by atoms with Gasteiger partial charge in [-0.15, -0.1) is 0 Å². The van der Waals surface area contributed by atoms with Gasteiger partial charge in [0.1, 0.15) is 11.9 Å². The molecule has 0 heterocycles. The van der Waals surface area contributed by atoms with Gasteiger partial charge in [-0.1, -0.05) is 18.2 Å². The average molecular weight is 210 g/mol. The number of rotatable bonds is 5. The third kappa shape index (κ3) is 3.53. The Balaban J connectivity index is 2.75. The predicted molar refractivity (Wildman–Crippen MR) is 59.0 cm³/mol. The molecule has 15 heavy (non-hydrogen) atoms. The van der Waals surface area contributed by atoms with Crippen LogP contribution in [0, 0.1) is 0 Å². The van der Waals surface area contributed by atoms with E-state index in [4.69, 9.17) is 9.47 Å². The molecular formula is C12H18O3. The Bertz CT molecular complexity index is 297. The highest BCUT2D eigenvalue weighted by Crippen LogP contribution is 2.25. The quantitative estimate of drug-likeness (QED) is 0.809. The van der Waals surface area contributed by atoms with Crippen molar-refractivity contribution in [1.29, 1.82) is 0 Å². The molecule has 1 aromatic rings. The Morgan fingerprint density at radius 2 is 1.93 bits per heavy atom. The average Bonchev–Trinajstić information content (AvgIpc) is 2.18. The Kier molecular flexibility index (Phi) is 4.59. The molecule has 0 saturated carbocycles. The summed E-state index contributed by atoms with van der Waals surface area (Å²) < 4.78 is 10.7. The minimum absolute atomic E-state index is 0.0186. The van der Waals surface area contributed by atoms with E-state index in [9.17, 15) is 5.11 Å². The van der Waals surface area contributed by atoms with Crippen LogP contribution in [0.15, 0.2) is 24.3 Å². The SMILES string of the molecule is COCC(C)Oc1ccccc1[C@@H](C)O. The minimum Gasteiger partial charge on any atom is -0.488 e. The van der Waals surface area contributed by atoms with Gasteiger partial charge in [-0.2, -0.15) is 0 Å². The number of aliphatic hydroxyl groups excluding tert-OH is 1. The maximum atomic E-state index is 9.54. The largest absolute Gasteiger partial charge is 0.488 e. The number of aliphatic hydroxyl groups is 1. The summed E-state index contributed by atoms with van der Waals surface area (Å²) in [7, 11) is 1.64. The molecule has 0 aromatic heterocycles. The van der Waals surface area contributed by atoms with E-state index >= 15 is 0 Å². The Morgan fingerprint density at radius 1 is 1.27 bits per heavy atom. The van der Waals surface area contributed by atoms with Gasteiger partial charge in [0.15, 0.2) is 0 Å². The van der Waals surface area contributed by atoms with Crippen LogP contribution in [0.3, 0.4) is 0 Å². The zero-order chi connectivity index (χ0) is 11.3. The van der Waals surface area contributed by atoms with Gasteiger partial charge in [-0.3, -0.25) is 0 Å². The molecule has 3 heteroatoms. The second-order valence-electron chi connectivity index (χ2n) is 3.60. The molecule has 1 aromatic carbocycles. The molecule has 0 aliphatic carbocycles. The van der Waals surface area contributed by atoms with E-state index < -0.39 is 6.10 Å². The van der Waals surface area contributed by atoms with Crippen molar-refractivity contribution in [2.75, 3.05) is 13.7 Å². The first-order chi connectivity index (χ1) is 7.15. The highest BCUT2D eigenvalue weighted by atomic mass is 16.5. The molecule has 0 fully saturated rings. The van der Waals surface area contributed by atoms with E-state index in [1.165, 1.54) is 0 Å². The standard InChI is InChI=1S/C12H18O3/c1-9(8-14-3)15-12-7-5-4-6-11(12)10(2)13/h4-7,9-10,13H,8H2,1-3H3/t9?,10-/m1/s1. The first kappa shape index (κ1) is 12.0. The van der Waals surface area contributed by atoms with Gasteiger partial charge in [0.2, 0.25) is 0 Å². The van der Waals surface area contributed by atoms with Crippen molar-refractivity contribution >= 4 is 0 Å². The molecule has 0 aliphatic heterocycles. The van der Waals surface area contributed by atoms with Crippen molar-refractivity contribution in [1.82, 2.24) is 0 Å². The van der Waals surface area contributed by atoms with Crippen LogP contribution in [0.25, 0.3) is 0 Å². The summed E-state index contributed by atoms with van der Waals surface area (Å²) in [6, 6.07) is 7.49. The molecule has 0 aliphatic rings. The van der Waals surface area contributed by atoms with E-state index in [2.05, 4.69) is 0 Å². The summed E-state index contributed by atoms with van der Waals surface area (Å²) in [6.07, 6.45) is -0.536. The van der Waals surface area contributed by atoms with Crippen LogP contribution in [-0.4, -0.2) is 24.9 Å². The number of benzene rings is 1. The first-order valence-corrected chi connectivity index (χ1v) is 5.07. The molecule has 0 radical (unpaired) electrons. The van der Waals surface area contributed by atoms with Crippen LogP contribution in [0.5, 0.6) is 5.75 Å². The molecule has 1 rings (SSSR count). The second-order valence-corrected chi connectivity index (χ2v) is 3.60. The molecule has 0 amide bonds. The van der Waals surface area contributed by atoms with E-state index in [-0.39, 0.29) is 6.10 Å². The van der Waals surface area contributed by atoms with Crippen molar-refractivity contribution in [3.8, 4) is 5.75 Å². The molecule has 1 N–H and O–H groups in total. The molecule has 0 spiro atoms. The number of hydrogen-bond acceptors (Lipinski definition) is 3. The number of methoxy groups -OCH3 is 1. The lowest BCUT2D eigenvalue weighted by Gasteiger charge is -2.17. The second kappa shape index (κ2) is 5.73. The fraction of sp³-hybridized carbons (Fsp3) is 0.500. The third-order valence-corrected chi connectivity index (χ3v) is 2.10. The molecular weight excluding hydrogens is 192 g/mol. The fourth-order valence-corrected chi connectivity index (χ4v) is 1.42. The highest BCUT2D eigenvalue weighted by Gasteiger charge is 2.10. The summed E-state index contributed by atoms with van der Waals surface area (Å²) in [5.41, 5.74) is 0.806. The maximum Gasteiger partial charge on any atom is 0.125 e. The minimum atomic E-state index is -0.518. The summed E-state index contributed by atoms with van der Waals surface area (Å²) in [5.74, 6) is 0.719. The smallest absolute Gasteiger partial charge is 0.125 e. The normalized spacial score (nSPS) is 14.7. The van der Waals surface area contributed by atoms with Crippen molar-refractivity contribution in [3.63, 3.8) is 0 Å². The topological polar surface area (TPSA) is 38.7 Å². The number of ether oxygens (including phenoxy) is 2. The monoisotopic (exact) mass is 210 g/mol. The van der Waals surface area contributed by atoms with Gasteiger partial charge in [0.25, 0.3) is 0 Å². The number of para-hydroxylation sites is 1. The Morgan fingerprint density at radius 3 is 2.53 bits per heavy atom. The first-order valence-electron chi connectivity index (χ1n) is 5.07. The van der Waals surface area contributed by atoms with E-state index in [1.54, 1.807) is 14.0 Å². The molecule has 3 nitrogen and oxygen atoms in total. The van der Waals surface area contributed by atoms with E-state index in [0.717, 1.165) is 11.3 Å². The molecule has 1 unspecified atom stereocenters. The van der Waals surface area contributed by atoms with Crippen molar-refractivity contribution in [2.24, 2.45) is 0 Å². The van der Waals surface area contributed by atoms with Crippen LogP contribution in [0.4, 0.5) is 0 Å². The van der Waals surface area contributed by atoms with Crippen LogP contribution in [-0.2, 0) is 4.74 Å². The Labute approximate surface area is 90.6 Å². The van der Waals surface area contributed by atoms with Crippen LogP contribution in [0.2, 0.25) is 0 Å². The van der Waals surface area contributed by atoms with Gasteiger partial charge in [-0.25, -0.2) is 0 Å². The van der Waals surface area contributed by atoms with E-state index in [1.807, 2.05) is 31.2 Å². The van der Waals surface area contributed by atoms with Gasteiger partial charge in [-0.05, 0) is 19.9 Å². The van der Waals surface area contributed by atoms with Crippen molar-refractivity contribution in [3.05, 3.63) is 29.8 Å². The van der Waals surface area contributed by atoms with Gasteiger partial charge in [0, 0.05) is 12.7 Å². The maximum absolute atomic E-state index is 9.54. The zero-order valence-electron chi connectivity index (χ0n) is 9.43. The van der Waals surface area contributed by atoms with Gasteiger partial charge < -0.3 is 14.6 Å². The van der Waals surface area contributed by atoms with Crippen LogP contribution >= 0.6 is 0 Å². The summed E-state index contributed by atoms with van der Waals surface area (Å²) in [5, 5.41) is 9.54. The van der Waals surface area contributed by atoms with Gasteiger partial charge in [0.05, 0.1) is 12.7 Å². The lowest BCUT2D eigenvalue weighted by Crippen LogP contribution is -2.18. The Hall–Kier alpha value is -1.06. The van der Waals surface area contributed by atoms with E-state index in [0.29, 0.717) is 6.61 Å². The summed E-state index contributed by atoms with van der Waals surface area (Å²) in [4.78, 5) is 0. The fourth-order valence-electron chi connectivity index (χ4n) is 1.42. The van der Waals surface area contributed by atoms with Crippen molar-refractivity contribution in [2.45, 2.75) is 26.1 Å². The lowest BCUT2D eigenvalue weighted by molar-refractivity contribution is 0.0886. The molecule has 0 bridgehead atoms. The number of hydrogen-bond donors (Lipinski definition) is 1. The summed E-state index contributed by atoms with van der Waals surface area (Å²) in [6.45, 7) is 4.19.